The number of nitrogens with one attached hydrogen (secondary N) is 1. The van der Waals surface area contributed by atoms with Gasteiger partial charge in [-0.3, -0.25) is 9.69 Å². The molecule has 36 heavy (non-hydrogen) atoms. The fourth-order valence-electron chi connectivity index (χ4n) is 4.56. The number of alkyl halides is 3. The zero-order chi connectivity index (χ0) is 25.9. The lowest BCUT2D eigenvalue weighted by molar-refractivity contribution is -0.137. The number of hydrogen-bond donors (Lipinski definition) is 1. The lowest BCUT2D eigenvalue weighted by Crippen LogP contribution is -2.51. The first-order valence-electron chi connectivity index (χ1n) is 12.1. The zero-order valence-electron chi connectivity index (χ0n) is 20.4. The molecule has 0 saturated carbocycles. The standard InChI is InChI=1S/C26H31F3N4O2S/c1-3-22-23(34)33(24(36-22)21-7-5-4-6-18(21)2)17-14-31-12-15-32(16-13-31)25(35)30-20-10-8-19(9-11-20)26(27,28)29/h4-11,22,24H,3,12-17H2,1-2H3,(H,30,35)/t22-,24-/m1/s1. The number of carbonyl (C=O) groups is 2. The van der Waals surface area contributed by atoms with Gasteiger partial charge in [0.25, 0.3) is 0 Å². The number of nitrogens with zero attached hydrogens (tertiary/aromatic N) is 3. The van der Waals surface area contributed by atoms with E-state index < -0.39 is 11.7 Å². The van der Waals surface area contributed by atoms with Crippen molar-refractivity contribution in [2.75, 3.05) is 44.6 Å². The quantitative estimate of drug-likeness (QED) is 0.568. The second-order valence-corrected chi connectivity index (χ2v) is 10.4. The number of amides is 3. The molecule has 2 atom stereocenters. The molecule has 0 spiro atoms. The highest BCUT2D eigenvalue weighted by Gasteiger charge is 2.40. The van der Waals surface area contributed by atoms with Crippen molar-refractivity contribution in [3.05, 3.63) is 65.2 Å². The van der Waals surface area contributed by atoms with Crippen LogP contribution in [0.5, 0.6) is 0 Å². The molecule has 2 aliphatic heterocycles. The van der Waals surface area contributed by atoms with Crippen LogP contribution in [-0.2, 0) is 11.0 Å². The molecule has 0 aliphatic carbocycles. The highest BCUT2D eigenvalue weighted by molar-refractivity contribution is 8.01. The van der Waals surface area contributed by atoms with Crippen LogP contribution in [0.25, 0.3) is 0 Å². The van der Waals surface area contributed by atoms with E-state index >= 15 is 0 Å². The van der Waals surface area contributed by atoms with Crippen molar-refractivity contribution >= 4 is 29.4 Å². The van der Waals surface area contributed by atoms with Crippen LogP contribution in [0.1, 0.15) is 35.4 Å². The van der Waals surface area contributed by atoms with Crippen molar-refractivity contribution in [2.45, 2.75) is 37.1 Å². The van der Waals surface area contributed by atoms with E-state index in [0.29, 0.717) is 38.4 Å². The van der Waals surface area contributed by atoms with Crippen molar-refractivity contribution in [3.63, 3.8) is 0 Å². The van der Waals surface area contributed by atoms with Gasteiger partial charge in [-0.1, -0.05) is 31.2 Å². The minimum Gasteiger partial charge on any atom is -0.324 e. The number of urea groups is 1. The summed E-state index contributed by atoms with van der Waals surface area (Å²) in [5, 5.41) is 2.66. The Labute approximate surface area is 213 Å². The van der Waals surface area contributed by atoms with Crippen LogP contribution in [0.3, 0.4) is 0 Å². The summed E-state index contributed by atoms with van der Waals surface area (Å²) in [6.45, 7) is 7.82. The van der Waals surface area contributed by atoms with Gasteiger partial charge in [0, 0.05) is 45.0 Å². The minimum absolute atomic E-state index is 0.0134. The van der Waals surface area contributed by atoms with Gasteiger partial charge in [0.1, 0.15) is 5.37 Å². The molecule has 1 N–H and O–H groups in total. The summed E-state index contributed by atoms with van der Waals surface area (Å²) in [6.07, 6.45) is -3.61. The minimum atomic E-state index is -4.41. The summed E-state index contributed by atoms with van der Waals surface area (Å²) < 4.78 is 38.2. The van der Waals surface area contributed by atoms with Crippen molar-refractivity contribution in [2.24, 2.45) is 0 Å². The number of benzene rings is 2. The van der Waals surface area contributed by atoms with Gasteiger partial charge in [-0.2, -0.15) is 13.2 Å². The Balaban J connectivity index is 1.29. The van der Waals surface area contributed by atoms with Crippen LogP contribution in [0, 0.1) is 6.92 Å². The highest BCUT2D eigenvalue weighted by Crippen LogP contribution is 2.44. The van der Waals surface area contributed by atoms with E-state index in [1.165, 1.54) is 23.3 Å². The number of rotatable bonds is 6. The molecule has 194 valence electrons. The maximum atomic E-state index is 13.1. The van der Waals surface area contributed by atoms with E-state index in [4.69, 9.17) is 0 Å². The van der Waals surface area contributed by atoms with Crippen LogP contribution in [0.2, 0.25) is 0 Å². The predicted molar refractivity (Wildman–Crippen MR) is 136 cm³/mol. The summed E-state index contributed by atoms with van der Waals surface area (Å²) in [7, 11) is 0. The van der Waals surface area contributed by atoms with Crippen LogP contribution < -0.4 is 5.32 Å². The van der Waals surface area contributed by atoms with Gasteiger partial charge < -0.3 is 15.1 Å². The Hall–Kier alpha value is -2.72. The Kier molecular flexibility index (Phi) is 8.14. The number of piperazine rings is 1. The number of aryl methyl sites for hydroxylation is 1. The van der Waals surface area contributed by atoms with E-state index in [1.807, 2.05) is 24.0 Å². The zero-order valence-corrected chi connectivity index (χ0v) is 21.2. The van der Waals surface area contributed by atoms with Crippen LogP contribution in [0.15, 0.2) is 48.5 Å². The van der Waals surface area contributed by atoms with Crippen molar-refractivity contribution < 1.29 is 22.8 Å². The van der Waals surface area contributed by atoms with E-state index in [9.17, 15) is 22.8 Å². The lowest BCUT2D eigenvalue weighted by atomic mass is 10.1. The fourth-order valence-corrected chi connectivity index (χ4v) is 6.08. The summed E-state index contributed by atoms with van der Waals surface area (Å²) in [6, 6.07) is 12.3. The Morgan fingerprint density at radius 3 is 2.31 bits per heavy atom. The van der Waals surface area contributed by atoms with Gasteiger partial charge in [0.05, 0.1) is 10.8 Å². The molecule has 2 aromatic rings. The molecule has 0 bridgehead atoms. The smallest absolute Gasteiger partial charge is 0.324 e. The molecule has 2 heterocycles. The highest BCUT2D eigenvalue weighted by atomic mass is 32.2. The molecule has 10 heteroatoms. The molecule has 2 saturated heterocycles. The first-order chi connectivity index (χ1) is 17.2. The largest absolute Gasteiger partial charge is 0.416 e. The van der Waals surface area contributed by atoms with Crippen molar-refractivity contribution in [1.82, 2.24) is 14.7 Å². The second kappa shape index (κ2) is 11.1. The number of hydrogen-bond acceptors (Lipinski definition) is 4. The van der Waals surface area contributed by atoms with Gasteiger partial charge in [-0.15, -0.1) is 11.8 Å². The number of halogens is 3. The molecule has 2 aliphatic rings. The fraction of sp³-hybridized carbons (Fsp3) is 0.462. The van der Waals surface area contributed by atoms with Gasteiger partial charge in [0.2, 0.25) is 5.91 Å². The molecule has 4 rings (SSSR count). The monoisotopic (exact) mass is 520 g/mol. The number of carbonyl (C=O) groups excluding carboxylic acids is 2. The first-order valence-corrected chi connectivity index (χ1v) is 13.1. The lowest BCUT2D eigenvalue weighted by Gasteiger charge is -2.36. The molecule has 0 aromatic heterocycles. The average molecular weight is 521 g/mol. The van der Waals surface area contributed by atoms with Gasteiger partial charge in [0.15, 0.2) is 0 Å². The van der Waals surface area contributed by atoms with Gasteiger partial charge >= 0.3 is 12.2 Å². The number of thioether (sulfide) groups is 1. The van der Waals surface area contributed by atoms with Crippen molar-refractivity contribution in [3.8, 4) is 0 Å². The third kappa shape index (κ3) is 5.98. The summed E-state index contributed by atoms with van der Waals surface area (Å²) in [5.74, 6) is 0.185. The second-order valence-electron chi connectivity index (χ2n) is 9.11. The molecule has 2 fully saturated rings. The maximum absolute atomic E-state index is 13.1. The molecular formula is C26H31F3N4O2S. The average Bonchev–Trinajstić information content (AvgIpc) is 3.18. The topological polar surface area (TPSA) is 55.9 Å². The summed E-state index contributed by atoms with van der Waals surface area (Å²) in [4.78, 5) is 31.5. The maximum Gasteiger partial charge on any atom is 0.416 e. The van der Waals surface area contributed by atoms with E-state index in [-0.39, 0.29) is 22.6 Å². The Bertz CT molecular complexity index is 1070. The van der Waals surface area contributed by atoms with Crippen LogP contribution in [0.4, 0.5) is 23.7 Å². The third-order valence-electron chi connectivity index (χ3n) is 6.74. The summed E-state index contributed by atoms with van der Waals surface area (Å²) >= 11 is 1.72. The van der Waals surface area contributed by atoms with Crippen molar-refractivity contribution in [1.29, 1.82) is 0 Å². The third-order valence-corrected chi connectivity index (χ3v) is 8.37. The summed E-state index contributed by atoms with van der Waals surface area (Å²) in [5.41, 5.74) is 1.93. The SMILES string of the molecule is CC[C@H]1S[C@H](c2ccccc2C)N(CCN2CCN(C(=O)Nc3ccc(C(F)(F)F)cc3)CC2)C1=O. The van der Waals surface area contributed by atoms with Crippen LogP contribution >= 0.6 is 11.8 Å². The van der Waals surface area contributed by atoms with E-state index in [0.717, 1.165) is 25.1 Å². The molecule has 3 amide bonds. The molecule has 0 unspecified atom stereocenters. The molecule has 6 nitrogen and oxygen atoms in total. The Morgan fingerprint density at radius 2 is 1.69 bits per heavy atom. The van der Waals surface area contributed by atoms with Gasteiger partial charge in [-0.05, 0) is 48.7 Å². The van der Waals surface area contributed by atoms with E-state index in [1.54, 1.807) is 16.7 Å². The first kappa shape index (κ1) is 26.3. The molecular weight excluding hydrogens is 489 g/mol. The Morgan fingerprint density at radius 1 is 1.03 bits per heavy atom. The number of anilines is 1. The normalized spacial score (nSPS) is 21.2. The predicted octanol–water partition coefficient (Wildman–Crippen LogP) is 5.22. The van der Waals surface area contributed by atoms with Crippen LogP contribution in [-0.4, -0.2) is 71.2 Å². The molecule has 0 radical (unpaired) electrons. The van der Waals surface area contributed by atoms with Gasteiger partial charge in [-0.25, -0.2) is 4.79 Å². The van der Waals surface area contributed by atoms with E-state index in [2.05, 4.69) is 29.3 Å². The molecule has 2 aromatic carbocycles.